The Labute approximate surface area is 448 Å². The number of nitrogens with zero attached hydrogens (tertiary/aromatic N) is 4. The normalized spacial score (nSPS) is 17.1. The highest BCUT2D eigenvalue weighted by Crippen LogP contribution is 2.49. The number of benzene rings is 4. The van der Waals surface area contributed by atoms with Gasteiger partial charge in [0.25, 0.3) is 23.6 Å². The maximum Gasteiger partial charge on any atom is 0.372 e. The maximum absolute atomic E-state index is 13.4. The highest BCUT2D eigenvalue weighted by atomic mass is 35.5. The molecule has 0 aromatic heterocycles. The molecular weight excluding hydrogens is 1080 g/mol. The Kier molecular flexibility index (Phi) is 15.2. The van der Waals surface area contributed by atoms with E-state index in [1.807, 2.05) is 88.4 Å². The van der Waals surface area contributed by atoms with Crippen LogP contribution in [0.5, 0.6) is 0 Å². The molecule has 20 heteroatoms. The summed E-state index contributed by atoms with van der Waals surface area (Å²) in [5.74, 6) is -3.72. The van der Waals surface area contributed by atoms with Crippen LogP contribution in [0.3, 0.4) is 0 Å². The van der Waals surface area contributed by atoms with Crippen LogP contribution in [0.4, 0.5) is 11.4 Å². The van der Waals surface area contributed by atoms with E-state index < -0.39 is 46.4 Å². The van der Waals surface area contributed by atoms with Gasteiger partial charge in [0, 0.05) is 47.6 Å². The molecule has 0 unspecified atom stereocenters. The third kappa shape index (κ3) is 9.29. The zero-order chi connectivity index (χ0) is 51.4. The molecule has 0 spiro atoms. The minimum absolute atomic E-state index is 0.0702. The number of allylic oxidation sites excluding steroid dienone is 6. The van der Waals surface area contributed by atoms with Gasteiger partial charge in [-0.1, -0.05) is 161 Å². The quantitative estimate of drug-likeness (QED) is 0.0217. The molecule has 0 saturated heterocycles. The highest BCUT2D eigenvalue weighted by molar-refractivity contribution is 6.56. The molecule has 0 radical (unpaired) electrons. The number of fused-ring (bicyclic) bond motifs is 4. The fraction of sp³-hybridized carbons (Fsp3) is 0.275. The van der Waals surface area contributed by atoms with Crippen LogP contribution in [-0.2, 0) is 29.9 Å². The number of rotatable bonds is 15. The molecule has 4 aliphatic heterocycles. The van der Waals surface area contributed by atoms with Gasteiger partial charge in [-0.3, -0.25) is 33.8 Å². The summed E-state index contributed by atoms with van der Waals surface area (Å²) in [6.07, 6.45) is 9.81. The van der Waals surface area contributed by atoms with E-state index in [1.54, 1.807) is 0 Å². The summed E-state index contributed by atoms with van der Waals surface area (Å²) in [5, 5.41) is -1.14. The maximum atomic E-state index is 13.4. The predicted octanol–water partition coefficient (Wildman–Crippen LogP) is 12.5. The zero-order valence-electron chi connectivity index (χ0n) is 38.2. The van der Waals surface area contributed by atoms with Gasteiger partial charge in [0.05, 0.1) is 81.1 Å². The van der Waals surface area contributed by atoms with Gasteiger partial charge in [-0.2, -0.15) is 4.58 Å². The van der Waals surface area contributed by atoms with Gasteiger partial charge in [0.2, 0.25) is 12.2 Å². The van der Waals surface area contributed by atoms with E-state index in [0.717, 1.165) is 43.7 Å². The zero-order valence-corrected chi connectivity index (χ0v) is 44.3. The lowest BCUT2D eigenvalue weighted by Gasteiger charge is -2.26. The number of hydrogen-bond donors (Lipinski definition) is 0. The predicted molar refractivity (Wildman–Crippen MR) is 277 cm³/mol. The molecule has 4 aliphatic rings. The summed E-state index contributed by atoms with van der Waals surface area (Å²) in [7, 11) is 0. The fourth-order valence-electron chi connectivity index (χ4n) is 9.34. The first-order valence-electron chi connectivity index (χ1n) is 22.0. The number of carbonyl (C=O) groups is 6. The number of para-hydroxylation sites is 2. The van der Waals surface area contributed by atoms with Crippen LogP contribution in [0.25, 0.3) is 0 Å². The third-order valence-electron chi connectivity index (χ3n) is 12.9. The van der Waals surface area contributed by atoms with E-state index in [0.29, 0.717) is 0 Å². The van der Waals surface area contributed by atoms with Crippen LogP contribution in [0.2, 0.25) is 40.2 Å². The van der Waals surface area contributed by atoms with Crippen molar-refractivity contribution < 1.29 is 42.8 Å². The molecule has 4 aromatic carbocycles. The first-order valence-corrected chi connectivity index (χ1v) is 25.1. The lowest BCUT2D eigenvalue weighted by Crippen LogP contribution is -2.33. The molecule has 0 saturated carbocycles. The lowest BCUT2D eigenvalue weighted by atomic mass is 9.81. The van der Waals surface area contributed by atoms with Crippen LogP contribution in [0, 0.1) is 0 Å². The first-order chi connectivity index (χ1) is 33.6. The topological polar surface area (TPSA) is 134 Å². The Morgan fingerprint density at radius 1 is 0.549 bits per heavy atom. The van der Waals surface area contributed by atoms with Gasteiger partial charge < -0.3 is 14.4 Å². The van der Waals surface area contributed by atoms with E-state index in [-0.39, 0.29) is 115 Å². The average molecular weight is 1120 g/mol. The van der Waals surface area contributed by atoms with Crippen molar-refractivity contribution in [1.82, 2.24) is 9.80 Å². The SMILES string of the molecule is CC1(C)C(=CC=CC=CC2=[N+](CC(=O)OCCCN3C(=O)c4c(Cl)c(Cl)c(Cl)c(Cl)c4C3=O)c3ccccc3C2(C)C)N(CC(=O)OCCCN2C(=O)c3c(Cl)c(Cl)c(Cl)c(Cl)c3C2=O)c2ccccc21. The Hall–Kier alpha value is -4.89. The molecule has 0 atom stereocenters. The summed E-state index contributed by atoms with van der Waals surface area (Å²) >= 11 is 49.6. The molecule has 0 aliphatic carbocycles. The Morgan fingerprint density at radius 3 is 1.51 bits per heavy atom. The van der Waals surface area contributed by atoms with Crippen molar-refractivity contribution in [2.24, 2.45) is 0 Å². The number of carbonyl (C=O) groups excluding carboxylic acids is 6. The number of ether oxygens (including phenoxy) is 2. The van der Waals surface area contributed by atoms with Crippen molar-refractivity contribution in [3.63, 3.8) is 0 Å². The number of esters is 2. The molecule has 8 rings (SSSR count). The Balaban J connectivity index is 0.914. The molecule has 71 heavy (non-hydrogen) atoms. The van der Waals surface area contributed by atoms with Crippen LogP contribution < -0.4 is 4.90 Å². The van der Waals surface area contributed by atoms with Gasteiger partial charge in [0.15, 0.2) is 5.71 Å². The summed E-state index contributed by atoms with van der Waals surface area (Å²) < 4.78 is 13.2. The van der Waals surface area contributed by atoms with Crippen LogP contribution in [-0.4, -0.2) is 95.0 Å². The van der Waals surface area contributed by atoms with Crippen molar-refractivity contribution in [2.45, 2.75) is 51.4 Å². The van der Waals surface area contributed by atoms with Gasteiger partial charge >= 0.3 is 11.9 Å². The fourth-order valence-corrected chi connectivity index (χ4v) is 11.4. The van der Waals surface area contributed by atoms with Crippen LogP contribution >= 0.6 is 92.8 Å². The van der Waals surface area contributed by atoms with E-state index >= 15 is 0 Å². The van der Waals surface area contributed by atoms with Crippen molar-refractivity contribution in [3.05, 3.63) is 158 Å². The minimum Gasteiger partial charge on any atom is -0.464 e. The second kappa shape index (κ2) is 20.6. The first kappa shape index (κ1) is 52.4. The van der Waals surface area contributed by atoms with Crippen LogP contribution in [0.1, 0.15) is 93.1 Å². The van der Waals surface area contributed by atoms with Gasteiger partial charge in [-0.25, -0.2) is 4.79 Å². The molecule has 368 valence electrons. The van der Waals surface area contributed by atoms with Gasteiger partial charge in [-0.05, 0) is 44.4 Å². The second-order valence-corrected chi connectivity index (χ2v) is 20.8. The van der Waals surface area contributed by atoms with Gasteiger partial charge in [-0.15, -0.1) is 0 Å². The monoisotopic (exact) mass is 1120 g/mol. The molecule has 0 N–H and O–H groups in total. The summed E-state index contributed by atoms with van der Waals surface area (Å²) in [6.45, 7) is 7.76. The number of anilines is 1. The molecule has 12 nitrogen and oxygen atoms in total. The Bertz CT molecular complexity index is 3050. The molecule has 0 fully saturated rings. The third-order valence-corrected chi connectivity index (χ3v) is 16.5. The number of halogens is 8. The number of hydrogen-bond acceptors (Lipinski definition) is 9. The van der Waals surface area contributed by atoms with Crippen LogP contribution in [0.15, 0.2) is 84.6 Å². The van der Waals surface area contributed by atoms with E-state index in [9.17, 15) is 28.8 Å². The van der Waals surface area contributed by atoms with Crippen molar-refractivity contribution in [2.75, 3.05) is 44.3 Å². The smallest absolute Gasteiger partial charge is 0.372 e. The average Bonchev–Trinajstić information content (AvgIpc) is 3.91. The van der Waals surface area contributed by atoms with Gasteiger partial charge in [0.1, 0.15) is 6.54 Å². The molecular formula is C51H41Cl8N4O8+. The van der Waals surface area contributed by atoms with Crippen molar-refractivity contribution in [3.8, 4) is 0 Å². The highest BCUT2D eigenvalue weighted by Gasteiger charge is 2.46. The summed E-state index contributed by atoms with van der Waals surface area (Å²) in [5.41, 5.74) is 3.94. The van der Waals surface area contributed by atoms with Crippen molar-refractivity contribution in [1.29, 1.82) is 0 Å². The standard InChI is InChI=1S/C51H41Cl8N4O8/c1-50(2)26-14-8-10-16-28(26)62(24-32(64)70-22-12-20-60-46(66)34-35(47(60)67)39(53)43(57)42(56)38(34)52)30(50)18-6-5-7-19-31-51(3,4)27-15-9-11-17-29(27)63(31)25-33(65)71-23-13-21-61-48(68)36-37(49(61)69)41(55)45(59)44(58)40(36)54/h5-11,14-19H,12-13,20-25H2,1-4H3/q+1. The largest absolute Gasteiger partial charge is 0.464 e. The molecule has 0 bridgehead atoms. The second-order valence-electron chi connectivity index (χ2n) is 17.8. The molecule has 4 aromatic rings. The summed E-state index contributed by atoms with van der Waals surface area (Å²) in [6, 6.07) is 15.6. The van der Waals surface area contributed by atoms with E-state index in [4.69, 9.17) is 102 Å². The molecule has 4 amide bonds. The Morgan fingerprint density at radius 2 is 1.00 bits per heavy atom. The summed E-state index contributed by atoms with van der Waals surface area (Å²) in [4.78, 5) is 83.3. The van der Waals surface area contributed by atoms with E-state index in [1.165, 1.54) is 0 Å². The van der Waals surface area contributed by atoms with E-state index in [2.05, 4.69) is 27.7 Å². The van der Waals surface area contributed by atoms with Crippen molar-refractivity contribution >= 4 is 145 Å². The number of imide groups is 2. The lowest BCUT2D eigenvalue weighted by molar-refractivity contribution is -0.428. The minimum atomic E-state index is -0.671. The molecule has 4 heterocycles. The number of amides is 4.